The quantitative estimate of drug-likeness (QED) is 0.789. The van der Waals surface area contributed by atoms with Gasteiger partial charge in [0.15, 0.2) is 0 Å². The standard InChI is InChI=1S/C17H14ClN3OS/c1-17(2)13(8-19)16(14-6-3-10(18)9-20-14)12-5-4-11(21-23)7-15(12)22-17/h3-7,9,21,23H,1-2H3. The van der Waals surface area contributed by atoms with Gasteiger partial charge in [0.2, 0.25) is 0 Å². The second-order valence-corrected chi connectivity index (χ2v) is 6.32. The first-order chi connectivity index (χ1) is 11.0. The molecule has 2 aromatic rings. The Balaban J connectivity index is 2.29. The molecule has 0 saturated heterocycles. The summed E-state index contributed by atoms with van der Waals surface area (Å²) in [7, 11) is 0. The molecule has 0 bridgehead atoms. The summed E-state index contributed by atoms with van der Waals surface area (Å²) >= 11 is 10.00. The summed E-state index contributed by atoms with van der Waals surface area (Å²) in [6, 6.07) is 11.5. The van der Waals surface area contributed by atoms with Gasteiger partial charge >= 0.3 is 0 Å². The number of pyridine rings is 1. The van der Waals surface area contributed by atoms with Crippen LogP contribution in [-0.4, -0.2) is 10.6 Å². The molecule has 0 fully saturated rings. The van der Waals surface area contributed by atoms with Crippen LogP contribution in [0.3, 0.4) is 0 Å². The number of benzene rings is 1. The fraction of sp³-hybridized carbons (Fsp3) is 0.176. The van der Waals surface area contributed by atoms with E-state index in [9.17, 15) is 5.26 Å². The predicted octanol–water partition coefficient (Wildman–Crippen LogP) is 4.49. The molecule has 1 N–H and O–H groups in total. The average molecular weight is 344 g/mol. The fourth-order valence-electron chi connectivity index (χ4n) is 2.62. The Morgan fingerprint density at radius 3 is 2.70 bits per heavy atom. The summed E-state index contributed by atoms with van der Waals surface area (Å²) in [5.41, 5.74) is 2.87. The molecule has 0 unspecified atom stereocenters. The van der Waals surface area contributed by atoms with E-state index in [4.69, 9.17) is 16.3 Å². The van der Waals surface area contributed by atoms with E-state index in [1.807, 2.05) is 38.1 Å². The van der Waals surface area contributed by atoms with Gasteiger partial charge in [0.05, 0.1) is 22.4 Å². The van der Waals surface area contributed by atoms with Crippen molar-refractivity contribution in [3.63, 3.8) is 0 Å². The lowest BCUT2D eigenvalue weighted by atomic mass is 9.85. The Hall–Kier alpha value is -2.16. The molecule has 23 heavy (non-hydrogen) atoms. The monoisotopic (exact) mass is 343 g/mol. The third-order valence-electron chi connectivity index (χ3n) is 3.69. The zero-order chi connectivity index (χ0) is 16.6. The van der Waals surface area contributed by atoms with Crippen LogP contribution in [-0.2, 0) is 0 Å². The highest BCUT2D eigenvalue weighted by Crippen LogP contribution is 2.44. The molecule has 4 nitrogen and oxygen atoms in total. The SMILES string of the molecule is CC1(C)Oc2cc(NS)ccc2C(c2ccc(Cl)cn2)=C1C#N. The van der Waals surface area contributed by atoms with Crippen LogP contribution < -0.4 is 9.46 Å². The number of rotatable bonds is 2. The van der Waals surface area contributed by atoms with E-state index < -0.39 is 5.60 Å². The molecule has 6 heteroatoms. The van der Waals surface area contributed by atoms with Crippen molar-refractivity contribution in [2.45, 2.75) is 19.4 Å². The van der Waals surface area contributed by atoms with Gasteiger partial charge in [-0.3, -0.25) is 4.98 Å². The third kappa shape index (κ3) is 2.76. The summed E-state index contributed by atoms with van der Waals surface area (Å²) in [5.74, 6) is 0.680. The summed E-state index contributed by atoms with van der Waals surface area (Å²) in [6.07, 6.45) is 1.57. The first-order valence-electron chi connectivity index (χ1n) is 6.96. The van der Waals surface area contributed by atoms with E-state index in [2.05, 4.69) is 28.6 Å². The van der Waals surface area contributed by atoms with Crippen molar-refractivity contribution in [3.8, 4) is 11.8 Å². The molecule has 1 aromatic heterocycles. The highest BCUT2D eigenvalue weighted by Gasteiger charge is 2.36. The predicted molar refractivity (Wildman–Crippen MR) is 94.6 cm³/mol. The molecule has 116 valence electrons. The number of hydrogen-bond donors (Lipinski definition) is 2. The molecule has 0 saturated carbocycles. The molecule has 0 amide bonds. The van der Waals surface area contributed by atoms with Gasteiger partial charge in [-0.2, -0.15) is 5.26 Å². The topological polar surface area (TPSA) is 57.9 Å². The van der Waals surface area contributed by atoms with Crippen LogP contribution in [0.15, 0.2) is 42.1 Å². The zero-order valence-electron chi connectivity index (χ0n) is 12.6. The van der Waals surface area contributed by atoms with Crippen molar-refractivity contribution in [2.24, 2.45) is 0 Å². The van der Waals surface area contributed by atoms with E-state index in [1.165, 1.54) is 0 Å². The second kappa shape index (κ2) is 5.80. The smallest absolute Gasteiger partial charge is 0.139 e. The van der Waals surface area contributed by atoms with Crippen molar-refractivity contribution in [1.82, 2.24) is 4.98 Å². The number of halogens is 1. The van der Waals surface area contributed by atoms with Gasteiger partial charge in [0.25, 0.3) is 0 Å². The van der Waals surface area contributed by atoms with E-state index in [-0.39, 0.29) is 0 Å². The minimum absolute atomic E-state index is 0.534. The van der Waals surface area contributed by atoms with Gasteiger partial charge < -0.3 is 9.46 Å². The number of nitriles is 1. The van der Waals surface area contributed by atoms with Crippen LogP contribution in [0.1, 0.15) is 25.1 Å². The van der Waals surface area contributed by atoms with Crippen molar-refractivity contribution in [2.75, 3.05) is 4.72 Å². The van der Waals surface area contributed by atoms with Crippen molar-refractivity contribution >= 4 is 35.7 Å². The number of fused-ring (bicyclic) bond motifs is 1. The molecular formula is C17H14ClN3OS. The Kier molecular flexibility index (Phi) is 3.97. The minimum Gasteiger partial charge on any atom is -0.482 e. The number of ether oxygens (including phenoxy) is 1. The maximum Gasteiger partial charge on any atom is 0.139 e. The van der Waals surface area contributed by atoms with Crippen molar-refractivity contribution < 1.29 is 4.74 Å². The van der Waals surface area contributed by atoms with Crippen LogP contribution in [0.5, 0.6) is 5.75 Å². The molecule has 0 radical (unpaired) electrons. The summed E-state index contributed by atoms with van der Waals surface area (Å²) < 4.78 is 8.82. The van der Waals surface area contributed by atoms with Gasteiger partial charge in [-0.1, -0.05) is 24.4 Å². The number of thiol groups is 1. The maximum absolute atomic E-state index is 9.67. The minimum atomic E-state index is -0.756. The van der Waals surface area contributed by atoms with Crippen LogP contribution >= 0.6 is 24.4 Å². The highest BCUT2D eigenvalue weighted by atomic mass is 35.5. The Labute approximate surface area is 145 Å². The lowest BCUT2D eigenvalue weighted by Crippen LogP contribution is -2.34. The first-order valence-corrected chi connectivity index (χ1v) is 7.79. The molecular weight excluding hydrogens is 330 g/mol. The van der Waals surface area contributed by atoms with E-state index >= 15 is 0 Å². The Morgan fingerprint density at radius 1 is 1.30 bits per heavy atom. The van der Waals surface area contributed by atoms with E-state index in [0.717, 1.165) is 16.8 Å². The molecule has 0 aliphatic carbocycles. The van der Waals surface area contributed by atoms with E-state index in [0.29, 0.717) is 22.0 Å². The molecule has 1 aliphatic rings. The van der Waals surface area contributed by atoms with Crippen molar-refractivity contribution in [1.29, 1.82) is 5.26 Å². The molecule has 3 rings (SSSR count). The van der Waals surface area contributed by atoms with E-state index in [1.54, 1.807) is 12.3 Å². The van der Waals surface area contributed by atoms with Gasteiger partial charge in [0, 0.05) is 29.1 Å². The van der Waals surface area contributed by atoms with Gasteiger partial charge in [-0.25, -0.2) is 0 Å². The Bertz CT molecular complexity index is 838. The summed E-state index contributed by atoms with van der Waals surface area (Å²) in [6.45, 7) is 3.73. The number of hydrogen-bond acceptors (Lipinski definition) is 5. The van der Waals surface area contributed by atoms with Crippen LogP contribution in [0, 0.1) is 11.3 Å². The fourth-order valence-corrected chi connectivity index (χ4v) is 2.88. The summed E-state index contributed by atoms with van der Waals surface area (Å²) in [5, 5.41) is 10.2. The lowest BCUT2D eigenvalue weighted by molar-refractivity contribution is 0.149. The van der Waals surface area contributed by atoms with Crippen molar-refractivity contribution in [3.05, 3.63) is 58.4 Å². The van der Waals surface area contributed by atoms with Crippen LogP contribution in [0.4, 0.5) is 5.69 Å². The highest BCUT2D eigenvalue weighted by molar-refractivity contribution is 7.81. The molecule has 2 heterocycles. The molecule has 1 aliphatic heterocycles. The average Bonchev–Trinajstić information content (AvgIpc) is 2.53. The number of nitrogens with one attached hydrogen (secondary N) is 1. The van der Waals surface area contributed by atoms with Gasteiger partial charge in [-0.15, -0.1) is 0 Å². The molecule has 0 spiro atoms. The third-order valence-corrected chi connectivity index (χ3v) is 4.17. The lowest BCUT2D eigenvalue weighted by Gasteiger charge is -2.34. The summed E-state index contributed by atoms with van der Waals surface area (Å²) in [4.78, 5) is 4.38. The largest absolute Gasteiger partial charge is 0.482 e. The number of nitrogens with zero attached hydrogens (tertiary/aromatic N) is 2. The zero-order valence-corrected chi connectivity index (χ0v) is 14.2. The van der Waals surface area contributed by atoms with Crippen LogP contribution in [0.25, 0.3) is 5.57 Å². The Morgan fingerprint density at radius 2 is 2.09 bits per heavy atom. The molecule has 0 atom stereocenters. The number of aromatic nitrogens is 1. The number of anilines is 1. The van der Waals surface area contributed by atoms with Crippen LogP contribution in [0.2, 0.25) is 5.02 Å². The normalized spacial score (nSPS) is 15.4. The maximum atomic E-state index is 9.67. The first kappa shape index (κ1) is 15.7. The van der Waals surface area contributed by atoms with Gasteiger partial charge in [-0.05, 0) is 38.1 Å². The van der Waals surface area contributed by atoms with Gasteiger partial charge in [0.1, 0.15) is 11.4 Å². The second-order valence-electron chi connectivity index (χ2n) is 5.66. The molecule has 1 aromatic carbocycles.